The smallest absolute Gasteiger partial charge is 0.264 e. The summed E-state index contributed by atoms with van der Waals surface area (Å²) in [6.45, 7) is 3.68. The van der Waals surface area contributed by atoms with Crippen molar-refractivity contribution in [3.8, 4) is 0 Å². The van der Waals surface area contributed by atoms with Crippen molar-refractivity contribution >= 4 is 21.6 Å². The van der Waals surface area contributed by atoms with E-state index in [0.717, 1.165) is 24.8 Å². The average Bonchev–Trinajstić information content (AvgIpc) is 3.33. The summed E-state index contributed by atoms with van der Waals surface area (Å²) in [7, 11) is -2.16. The van der Waals surface area contributed by atoms with Crippen LogP contribution in [0.2, 0.25) is 0 Å². The summed E-state index contributed by atoms with van der Waals surface area (Å²) in [5.74, 6) is -0.0839. The van der Waals surface area contributed by atoms with Gasteiger partial charge in [0.25, 0.3) is 15.9 Å². The number of likely N-dealkylation sites (tertiary alicyclic amines) is 1. The molecule has 7 nitrogen and oxygen atoms in total. The van der Waals surface area contributed by atoms with Gasteiger partial charge in [-0.3, -0.25) is 9.10 Å². The second-order valence-electron chi connectivity index (χ2n) is 8.00. The van der Waals surface area contributed by atoms with E-state index in [2.05, 4.69) is 0 Å². The van der Waals surface area contributed by atoms with Crippen molar-refractivity contribution in [2.45, 2.75) is 43.4 Å². The summed E-state index contributed by atoms with van der Waals surface area (Å²) in [5, 5.41) is 0. The number of carbonyl (C=O) groups excluding carboxylic acids is 1. The third-order valence-electron chi connectivity index (χ3n) is 5.93. The number of benzene rings is 2. The standard InChI is InChI=1S/C23H28N2O5S/c1-17-6-12-20(13-7-17)31(27,28)24(2)19-10-8-18(9-11-19)22(26)25-14-4-3-5-21(25)23-29-15-16-30-23/h6-13,21,23H,3-5,14-16H2,1-2H3. The molecular weight excluding hydrogens is 416 g/mol. The van der Waals surface area contributed by atoms with E-state index in [1.165, 1.54) is 11.4 Å². The van der Waals surface area contributed by atoms with Crippen molar-refractivity contribution < 1.29 is 22.7 Å². The zero-order chi connectivity index (χ0) is 22.0. The molecule has 1 amide bonds. The van der Waals surface area contributed by atoms with Gasteiger partial charge in [-0.15, -0.1) is 0 Å². The first-order valence-corrected chi connectivity index (χ1v) is 12.0. The van der Waals surface area contributed by atoms with Gasteiger partial charge in [0.05, 0.1) is 29.8 Å². The minimum Gasteiger partial charge on any atom is -0.348 e. The normalized spacial score (nSPS) is 20.1. The highest BCUT2D eigenvalue weighted by atomic mass is 32.2. The van der Waals surface area contributed by atoms with Crippen molar-refractivity contribution in [1.82, 2.24) is 4.90 Å². The van der Waals surface area contributed by atoms with E-state index < -0.39 is 10.0 Å². The van der Waals surface area contributed by atoms with Gasteiger partial charge in [-0.05, 0) is 62.6 Å². The minimum atomic E-state index is -3.68. The molecule has 2 aliphatic rings. The third kappa shape index (κ3) is 4.46. The van der Waals surface area contributed by atoms with E-state index in [-0.39, 0.29) is 23.1 Å². The average molecular weight is 445 g/mol. The molecule has 2 aromatic carbocycles. The lowest BCUT2D eigenvalue weighted by molar-refractivity contribution is -0.100. The molecular formula is C23H28N2O5S. The number of ether oxygens (including phenoxy) is 2. The Balaban J connectivity index is 1.51. The first kappa shape index (κ1) is 21.8. The summed E-state index contributed by atoms with van der Waals surface area (Å²) in [6.07, 6.45) is 2.48. The van der Waals surface area contributed by atoms with Crippen molar-refractivity contribution in [1.29, 1.82) is 0 Å². The zero-order valence-corrected chi connectivity index (χ0v) is 18.7. The highest BCUT2D eigenvalue weighted by Gasteiger charge is 2.36. The summed E-state index contributed by atoms with van der Waals surface area (Å²) in [6, 6.07) is 13.4. The third-order valence-corrected chi connectivity index (χ3v) is 7.73. The summed E-state index contributed by atoms with van der Waals surface area (Å²) >= 11 is 0. The van der Waals surface area contributed by atoms with Gasteiger partial charge >= 0.3 is 0 Å². The van der Waals surface area contributed by atoms with Crippen LogP contribution < -0.4 is 4.31 Å². The quantitative estimate of drug-likeness (QED) is 0.708. The van der Waals surface area contributed by atoms with E-state index in [4.69, 9.17) is 9.47 Å². The molecule has 0 N–H and O–H groups in total. The molecule has 2 saturated heterocycles. The number of anilines is 1. The molecule has 1 atom stereocenters. The van der Waals surface area contributed by atoms with Gasteiger partial charge < -0.3 is 14.4 Å². The van der Waals surface area contributed by atoms with Crippen molar-refractivity contribution in [3.05, 3.63) is 59.7 Å². The summed E-state index contributed by atoms with van der Waals surface area (Å²) in [5.41, 5.74) is 2.01. The zero-order valence-electron chi connectivity index (χ0n) is 17.9. The lowest BCUT2D eigenvalue weighted by atomic mass is 10.00. The van der Waals surface area contributed by atoms with E-state index in [0.29, 0.717) is 31.0 Å². The van der Waals surface area contributed by atoms with Gasteiger partial charge in [-0.2, -0.15) is 0 Å². The molecule has 4 rings (SSSR count). The molecule has 166 valence electrons. The first-order valence-electron chi connectivity index (χ1n) is 10.6. The molecule has 2 aliphatic heterocycles. The monoisotopic (exact) mass is 444 g/mol. The number of nitrogens with zero attached hydrogens (tertiary/aromatic N) is 2. The van der Waals surface area contributed by atoms with Gasteiger partial charge in [0.1, 0.15) is 0 Å². The molecule has 31 heavy (non-hydrogen) atoms. The number of hydrogen-bond acceptors (Lipinski definition) is 5. The van der Waals surface area contributed by atoms with Crippen LogP contribution in [0.1, 0.15) is 35.2 Å². The van der Waals surface area contributed by atoms with Crippen LogP contribution in [0.25, 0.3) is 0 Å². The van der Waals surface area contributed by atoms with Crippen molar-refractivity contribution in [3.63, 3.8) is 0 Å². The molecule has 0 spiro atoms. The van der Waals surface area contributed by atoms with Crippen LogP contribution in [0.4, 0.5) is 5.69 Å². The number of rotatable bonds is 5. The van der Waals surface area contributed by atoms with Crippen LogP contribution >= 0.6 is 0 Å². The Kier molecular flexibility index (Phi) is 6.31. The van der Waals surface area contributed by atoms with Crippen molar-refractivity contribution in [2.75, 3.05) is 31.1 Å². The Bertz CT molecular complexity index is 1010. The number of carbonyl (C=O) groups is 1. The fraction of sp³-hybridized carbons (Fsp3) is 0.435. The number of piperidine rings is 1. The second kappa shape index (κ2) is 8.98. The summed E-state index contributed by atoms with van der Waals surface area (Å²) < 4.78 is 38.4. The maximum Gasteiger partial charge on any atom is 0.264 e. The Morgan fingerprint density at radius 2 is 1.65 bits per heavy atom. The van der Waals surface area contributed by atoms with Gasteiger partial charge in [0.15, 0.2) is 6.29 Å². The molecule has 2 heterocycles. The largest absolute Gasteiger partial charge is 0.348 e. The highest BCUT2D eigenvalue weighted by molar-refractivity contribution is 7.92. The van der Waals surface area contributed by atoms with Gasteiger partial charge in [-0.1, -0.05) is 17.7 Å². The molecule has 0 bridgehead atoms. The Morgan fingerprint density at radius 3 is 2.29 bits per heavy atom. The van der Waals surface area contributed by atoms with E-state index in [1.54, 1.807) is 48.5 Å². The molecule has 0 aromatic heterocycles. The Labute approximate surface area is 183 Å². The van der Waals surface area contributed by atoms with Gasteiger partial charge in [-0.25, -0.2) is 8.42 Å². The van der Waals surface area contributed by atoms with Crippen LogP contribution in [-0.4, -0.2) is 58.4 Å². The highest BCUT2D eigenvalue weighted by Crippen LogP contribution is 2.27. The van der Waals surface area contributed by atoms with Crippen LogP contribution in [-0.2, 0) is 19.5 Å². The summed E-state index contributed by atoms with van der Waals surface area (Å²) in [4.78, 5) is 15.2. The number of amides is 1. The fourth-order valence-electron chi connectivity index (χ4n) is 4.08. The lowest BCUT2D eigenvalue weighted by Crippen LogP contribution is -2.50. The number of hydrogen-bond donors (Lipinski definition) is 0. The minimum absolute atomic E-state index is 0.0839. The molecule has 2 aromatic rings. The van der Waals surface area contributed by atoms with Gasteiger partial charge in [0, 0.05) is 19.2 Å². The Morgan fingerprint density at radius 1 is 1.00 bits per heavy atom. The second-order valence-corrected chi connectivity index (χ2v) is 9.97. The van der Waals surface area contributed by atoms with Crippen molar-refractivity contribution in [2.24, 2.45) is 0 Å². The predicted molar refractivity (Wildman–Crippen MR) is 118 cm³/mol. The molecule has 0 saturated carbocycles. The topological polar surface area (TPSA) is 76.2 Å². The molecule has 0 aliphatic carbocycles. The maximum atomic E-state index is 13.2. The lowest BCUT2D eigenvalue weighted by Gasteiger charge is -2.38. The predicted octanol–water partition coefficient (Wildman–Crippen LogP) is 3.19. The molecule has 2 fully saturated rings. The number of sulfonamides is 1. The van der Waals surface area contributed by atoms with E-state index in [1.807, 2.05) is 11.8 Å². The first-order chi connectivity index (χ1) is 14.9. The molecule has 1 unspecified atom stereocenters. The van der Waals surface area contributed by atoms with E-state index in [9.17, 15) is 13.2 Å². The van der Waals surface area contributed by atoms with Crippen LogP contribution in [0.15, 0.2) is 53.4 Å². The SMILES string of the molecule is Cc1ccc(S(=O)(=O)N(C)c2ccc(C(=O)N3CCCCC3C3OCCO3)cc2)cc1. The van der Waals surface area contributed by atoms with E-state index >= 15 is 0 Å². The van der Waals surface area contributed by atoms with Gasteiger partial charge in [0.2, 0.25) is 0 Å². The molecule has 8 heteroatoms. The molecule has 0 radical (unpaired) electrons. The Hall–Kier alpha value is -2.42. The van der Waals surface area contributed by atoms with Crippen LogP contribution in [0.5, 0.6) is 0 Å². The number of aryl methyl sites for hydroxylation is 1. The van der Waals surface area contributed by atoms with Crippen LogP contribution in [0.3, 0.4) is 0 Å². The fourth-order valence-corrected chi connectivity index (χ4v) is 5.27. The maximum absolute atomic E-state index is 13.2. The van der Waals surface area contributed by atoms with Crippen LogP contribution in [0, 0.1) is 6.92 Å².